The molecule has 4 aromatic rings. The Morgan fingerprint density at radius 3 is 2.26 bits per heavy atom. The van der Waals surface area contributed by atoms with E-state index in [1.807, 2.05) is 69.3 Å². The van der Waals surface area contributed by atoms with Gasteiger partial charge in [0.1, 0.15) is 18.4 Å². The van der Waals surface area contributed by atoms with Crippen LogP contribution in [0.5, 0.6) is 17.2 Å². The molecule has 0 bridgehead atoms. The molecule has 0 radical (unpaired) electrons. The fourth-order valence-corrected chi connectivity index (χ4v) is 7.14. The van der Waals surface area contributed by atoms with Crippen molar-refractivity contribution in [3.8, 4) is 17.2 Å². The first-order chi connectivity index (χ1) is 22.1. The zero-order valence-corrected chi connectivity index (χ0v) is 28.6. The van der Waals surface area contributed by atoms with Gasteiger partial charge in [-0.2, -0.15) is 0 Å². The van der Waals surface area contributed by atoms with Crippen LogP contribution in [-0.4, -0.2) is 42.7 Å². The van der Waals surface area contributed by atoms with Crippen molar-refractivity contribution < 1.29 is 19.0 Å². The fourth-order valence-electron chi connectivity index (χ4n) is 6.09. The van der Waals surface area contributed by atoms with Crippen LogP contribution in [0.2, 0.25) is 0 Å². The molecule has 3 aromatic carbocycles. The van der Waals surface area contributed by atoms with E-state index in [1.165, 1.54) is 28.0 Å². The van der Waals surface area contributed by atoms with Gasteiger partial charge in [0.15, 0.2) is 16.3 Å². The van der Waals surface area contributed by atoms with Crippen molar-refractivity contribution in [3.05, 3.63) is 119 Å². The molecule has 1 aromatic heterocycles. The van der Waals surface area contributed by atoms with Gasteiger partial charge < -0.3 is 19.1 Å². The van der Waals surface area contributed by atoms with Crippen molar-refractivity contribution >= 4 is 23.3 Å². The minimum atomic E-state index is -0.693. The molecular formula is C37H41N3O5S. The molecule has 0 spiro atoms. The molecule has 0 fully saturated rings. The third-order valence-electron chi connectivity index (χ3n) is 8.43. The van der Waals surface area contributed by atoms with Crippen LogP contribution in [0, 0.1) is 20.8 Å². The van der Waals surface area contributed by atoms with Crippen LogP contribution in [0.25, 0.3) is 6.08 Å². The Balaban J connectivity index is 1.57. The molecule has 1 aliphatic rings. The second-order valence-corrected chi connectivity index (χ2v) is 12.4. The van der Waals surface area contributed by atoms with Crippen LogP contribution < -0.4 is 29.1 Å². The summed E-state index contributed by atoms with van der Waals surface area (Å²) in [5.74, 6) is 1.64. The van der Waals surface area contributed by atoms with E-state index in [1.54, 1.807) is 23.7 Å². The van der Waals surface area contributed by atoms with Crippen LogP contribution in [-0.2, 0) is 11.4 Å². The smallest absolute Gasteiger partial charge is 0.271 e. The summed E-state index contributed by atoms with van der Waals surface area (Å²) < 4.78 is 19.7. The maximum atomic E-state index is 14.2. The number of carbonyl (C=O) groups is 1. The van der Waals surface area contributed by atoms with Gasteiger partial charge in [0.25, 0.3) is 11.5 Å². The number of nitrogens with zero attached hydrogens (tertiary/aromatic N) is 3. The Kier molecular flexibility index (Phi) is 9.82. The molecule has 2 heterocycles. The maximum absolute atomic E-state index is 14.2. The van der Waals surface area contributed by atoms with Crippen LogP contribution in [0.15, 0.2) is 75.7 Å². The van der Waals surface area contributed by atoms with E-state index in [-0.39, 0.29) is 11.5 Å². The number of rotatable bonds is 10. The number of methoxy groups -OCH3 is 2. The van der Waals surface area contributed by atoms with E-state index in [0.717, 1.165) is 16.7 Å². The van der Waals surface area contributed by atoms with E-state index in [9.17, 15) is 9.59 Å². The van der Waals surface area contributed by atoms with Crippen molar-refractivity contribution in [2.24, 2.45) is 4.99 Å². The zero-order chi connectivity index (χ0) is 33.1. The Hall–Kier alpha value is -4.63. The summed E-state index contributed by atoms with van der Waals surface area (Å²) in [6, 6.07) is 16.8. The number of para-hydroxylation sites is 1. The largest absolute Gasteiger partial charge is 0.496 e. The SMILES string of the molecule is CCN(CC)C(=O)C1=C(C)N=c2s/c(=C/c3ccc(OCc4c(C)cc(C)cc4C)c(OC)c3)c(=O)n2[C@@H]1c1ccccc1OC. The highest BCUT2D eigenvalue weighted by Gasteiger charge is 2.35. The Bertz CT molecular complexity index is 1980. The van der Waals surface area contributed by atoms with E-state index in [2.05, 4.69) is 32.9 Å². The van der Waals surface area contributed by atoms with E-state index in [0.29, 0.717) is 57.5 Å². The highest BCUT2D eigenvalue weighted by Crippen LogP contribution is 2.36. The summed E-state index contributed by atoms with van der Waals surface area (Å²) in [5, 5.41) is 0. The molecule has 0 saturated carbocycles. The first kappa shape index (κ1) is 32.8. The summed E-state index contributed by atoms with van der Waals surface area (Å²) in [6.07, 6.45) is 1.83. The molecular weight excluding hydrogens is 598 g/mol. The minimum Gasteiger partial charge on any atom is -0.496 e. The lowest BCUT2D eigenvalue weighted by molar-refractivity contribution is -0.127. The number of aryl methyl sites for hydroxylation is 3. The lowest BCUT2D eigenvalue weighted by atomic mass is 9.94. The van der Waals surface area contributed by atoms with Gasteiger partial charge >= 0.3 is 0 Å². The van der Waals surface area contributed by atoms with Gasteiger partial charge in [-0.15, -0.1) is 0 Å². The van der Waals surface area contributed by atoms with Gasteiger partial charge in [-0.05, 0) is 88.1 Å². The number of fused-ring (bicyclic) bond motifs is 1. The first-order valence-corrected chi connectivity index (χ1v) is 16.3. The normalized spacial score (nSPS) is 14.5. The van der Waals surface area contributed by atoms with E-state index >= 15 is 0 Å². The van der Waals surface area contributed by atoms with Gasteiger partial charge in [-0.1, -0.05) is 53.3 Å². The summed E-state index contributed by atoms with van der Waals surface area (Å²) in [7, 11) is 3.20. The van der Waals surface area contributed by atoms with Gasteiger partial charge in [-0.25, -0.2) is 4.99 Å². The molecule has 1 atom stereocenters. The number of allylic oxidation sites excluding steroid dienone is 1. The first-order valence-electron chi connectivity index (χ1n) is 15.4. The van der Waals surface area contributed by atoms with Gasteiger partial charge in [-0.3, -0.25) is 14.2 Å². The summed E-state index contributed by atoms with van der Waals surface area (Å²) in [6.45, 7) is 13.5. The fraction of sp³-hybridized carbons (Fsp3) is 0.324. The Morgan fingerprint density at radius 1 is 0.935 bits per heavy atom. The molecule has 0 aliphatic carbocycles. The minimum absolute atomic E-state index is 0.146. The second kappa shape index (κ2) is 13.8. The standard InChI is InChI=1S/C37H41N3O5S/c1-9-39(10-2)36(42)33-25(6)38-37-40(34(33)27-13-11-12-14-29(27)43-7)35(41)32(46-37)20-26-15-16-30(31(19-26)44-8)45-21-28-23(4)17-22(3)18-24(28)5/h11-20,34H,9-10,21H2,1-8H3/b32-20+/t34-/m1/s1. The molecule has 5 rings (SSSR count). The van der Waals surface area contributed by atoms with E-state index in [4.69, 9.17) is 19.2 Å². The van der Waals surface area contributed by atoms with Crippen molar-refractivity contribution in [1.29, 1.82) is 0 Å². The molecule has 0 N–H and O–H groups in total. The number of ether oxygens (including phenoxy) is 3. The number of benzene rings is 3. The number of hydrogen-bond donors (Lipinski definition) is 0. The predicted octanol–water partition coefficient (Wildman–Crippen LogP) is 5.63. The van der Waals surface area contributed by atoms with Gasteiger partial charge in [0.2, 0.25) is 0 Å². The van der Waals surface area contributed by atoms with Crippen molar-refractivity contribution in [2.75, 3.05) is 27.3 Å². The average Bonchev–Trinajstić information content (AvgIpc) is 3.34. The summed E-state index contributed by atoms with van der Waals surface area (Å²) in [4.78, 5) is 35.1. The third kappa shape index (κ3) is 6.24. The van der Waals surface area contributed by atoms with Crippen LogP contribution >= 0.6 is 11.3 Å². The van der Waals surface area contributed by atoms with Crippen molar-refractivity contribution in [2.45, 2.75) is 54.2 Å². The van der Waals surface area contributed by atoms with Crippen LogP contribution in [0.3, 0.4) is 0 Å². The summed E-state index contributed by atoms with van der Waals surface area (Å²) >= 11 is 1.29. The number of likely N-dealkylation sites (N-methyl/N-ethyl adjacent to an activating group) is 1. The predicted molar refractivity (Wildman–Crippen MR) is 183 cm³/mol. The molecule has 9 heteroatoms. The van der Waals surface area contributed by atoms with Gasteiger partial charge in [0, 0.05) is 18.7 Å². The maximum Gasteiger partial charge on any atom is 0.271 e. The molecule has 8 nitrogen and oxygen atoms in total. The van der Waals surface area contributed by atoms with Crippen LogP contribution in [0.1, 0.15) is 60.2 Å². The topological polar surface area (TPSA) is 82.4 Å². The molecule has 0 saturated heterocycles. The summed E-state index contributed by atoms with van der Waals surface area (Å²) in [5.41, 5.74) is 7.07. The molecule has 0 unspecified atom stereocenters. The van der Waals surface area contributed by atoms with Crippen LogP contribution in [0.4, 0.5) is 0 Å². The highest BCUT2D eigenvalue weighted by atomic mass is 32.1. The van der Waals surface area contributed by atoms with Crippen molar-refractivity contribution in [1.82, 2.24) is 9.47 Å². The quantitative estimate of drug-likeness (QED) is 0.225. The highest BCUT2D eigenvalue weighted by molar-refractivity contribution is 7.07. The molecule has 1 amide bonds. The number of hydrogen-bond acceptors (Lipinski definition) is 7. The lowest BCUT2D eigenvalue weighted by Crippen LogP contribution is -2.43. The third-order valence-corrected chi connectivity index (χ3v) is 9.42. The molecule has 1 aliphatic heterocycles. The number of carbonyl (C=O) groups excluding carboxylic acids is 1. The number of aromatic nitrogens is 1. The lowest BCUT2D eigenvalue weighted by Gasteiger charge is -2.29. The molecule has 240 valence electrons. The van der Waals surface area contributed by atoms with Gasteiger partial charge in [0.05, 0.1) is 30.0 Å². The average molecular weight is 640 g/mol. The Morgan fingerprint density at radius 2 is 1.61 bits per heavy atom. The monoisotopic (exact) mass is 639 g/mol. The number of amides is 1. The second-order valence-electron chi connectivity index (χ2n) is 11.4. The Labute approximate surface area is 273 Å². The number of thiazole rings is 1. The molecule has 46 heavy (non-hydrogen) atoms. The van der Waals surface area contributed by atoms with Crippen molar-refractivity contribution in [3.63, 3.8) is 0 Å². The zero-order valence-electron chi connectivity index (χ0n) is 27.8. The van der Waals surface area contributed by atoms with E-state index < -0.39 is 6.04 Å².